The maximum Gasteiger partial charge on any atom is 0.253 e. The molecule has 2 aromatic rings. The molecule has 132 valence electrons. The van der Waals surface area contributed by atoms with E-state index in [4.69, 9.17) is 4.74 Å². The van der Waals surface area contributed by atoms with Gasteiger partial charge in [0, 0.05) is 30.8 Å². The maximum absolute atomic E-state index is 13.2. The second-order valence-electron chi connectivity index (χ2n) is 6.33. The summed E-state index contributed by atoms with van der Waals surface area (Å²) in [7, 11) is 1.93. The number of rotatable bonds is 5. The van der Waals surface area contributed by atoms with Crippen LogP contribution in [0.15, 0.2) is 48.5 Å². The smallest absolute Gasteiger partial charge is 0.253 e. The second kappa shape index (κ2) is 8.12. The third-order valence-electron chi connectivity index (χ3n) is 4.49. The van der Waals surface area contributed by atoms with Gasteiger partial charge in [-0.25, -0.2) is 4.39 Å². The molecule has 0 spiro atoms. The van der Waals surface area contributed by atoms with Gasteiger partial charge < -0.3 is 15.0 Å². The van der Waals surface area contributed by atoms with E-state index in [9.17, 15) is 9.18 Å². The first kappa shape index (κ1) is 17.4. The van der Waals surface area contributed by atoms with Crippen molar-refractivity contribution in [2.24, 2.45) is 0 Å². The van der Waals surface area contributed by atoms with Crippen LogP contribution in [-0.2, 0) is 6.61 Å². The number of piperidine rings is 1. The maximum atomic E-state index is 13.2. The van der Waals surface area contributed by atoms with Crippen LogP contribution >= 0.6 is 0 Å². The van der Waals surface area contributed by atoms with Crippen molar-refractivity contribution in [2.45, 2.75) is 25.5 Å². The standard InChI is InChI=1S/C20H23FN2O2/c1-22-18-8-4-10-23(13-18)20(24)16-6-2-5-15(11-16)14-25-19-9-3-7-17(21)12-19/h2-3,5-7,9,11-12,18,22H,4,8,10,13-14H2,1H3. The minimum atomic E-state index is -0.328. The minimum absolute atomic E-state index is 0.0487. The van der Waals surface area contributed by atoms with E-state index < -0.39 is 0 Å². The van der Waals surface area contributed by atoms with E-state index in [0.717, 1.165) is 31.5 Å². The van der Waals surface area contributed by atoms with Crippen molar-refractivity contribution in [2.75, 3.05) is 20.1 Å². The van der Waals surface area contributed by atoms with Gasteiger partial charge >= 0.3 is 0 Å². The molecular formula is C20H23FN2O2. The average molecular weight is 342 g/mol. The monoisotopic (exact) mass is 342 g/mol. The lowest BCUT2D eigenvalue weighted by atomic mass is 10.0. The molecule has 0 aromatic heterocycles. The summed E-state index contributed by atoms with van der Waals surface area (Å²) in [5.74, 6) is 0.197. The van der Waals surface area contributed by atoms with Crippen molar-refractivity contribution in [3.05, 3.63) is 65.5 Å². The van der Waals surface area contributed by atoms with E-state index in [1.54, 1.807) is 12.1 Å². The number of nitrogens with one attached hydrogen (secondary N) is 1. The third-order valence-corrected chi connectivity index (χ3v) is 4.49. The molecule has 4 nitrogen and oxygen atoms in total. The average Bonchev–Trinajstić information content (AvgIpc) is 2.66. The summed E-state index contributed by atoms with van der Waals surface area (Å²) in [5.41, 5.74) is 1.55. The second-order valence-corrected chi connectivity index (χ2v) is 6.33. The number of hydrogen-bond acceptors (Lipinski definition) is 3. The van der Waals surface area contributed by atoms with Crippen LogP contribution in [0.2, 0.25) is 0 Å². The molecule has 25 heavy (non-hydrogen) atoms. The summed E-state index contributed by atoms with van der Waals surface area (Å²) in [6.45, 7) is 1.82. The molecule has 1 N–H and O–H groups in total. The van der Waals surface area contributed by atoms with E-state index in [2.05, 4.69) is 5.32 Å². The van der Waals surface area contributed by atoms with Crippen LogP contribution in [0.1, 0.15) is 28.8 Å². The van der Waals surface area contributed by atoms with E-state index in [1.165, 1.54) is 12.1 Å². The first-order valence-corrected chi connectivity index (χ1v) is 8.59. The number of halogens is 1. The van der Waals surface area contributed by atoms with Crippen LogP contribution in [0.4, 0.5) is 4.39 Å². The first-order chi connectivity index (χ1) is 12.2. The van der Waals surface area contributed by atoms with Gasteiger partial charge in [-0.05, 0) is 49.7 Å². The highest BCUT2D eigenvalue weighted by molar-refractivity contribution is 5.94. The van der Waals surface area contributed by atoms with Crippen molar-refractivity contribution in [1.82, 2.24) is 10.2 Å². The Balaban J connectivity index is 1.65. The summed E-state index contributed by atoms with van der Waals surface area (Å²) in [5, 5.41) is 3.25. The number of carbonyl (C=O) groups excluding carboxylic acids is 1. The molecule has 1 aliphatic heterocycles. The van der Waals surface area contributed by atoms with Crippen molar-refractivity contribution in [1.29, 1.82) is 0 Å². The predicted molar refractivity (Wildman–Crippen MR) is 95.2 cm³/mol. The van der Waals surface area contributed by atoms with E-state index >= 15 is 0 Å². The summed E-state index contributed by atoms with van der Waals surface area (Å²) >= 11 is 0. The van der Waals surface area contributed by atoms with Gasteiger partial charge in [-0.15, -0.1) is 0 Å². The number of ether oxygens (including phenoxy) is 1. The van der Waals surface area contributed by atoms with Crippen LogP contribution in [0.3, 0.4) is 0 Å². The zero-order chi connectivity index (χ0) is 17.6. The van der Waals surface area contributed by atoms with Crippen molar-refractivity contribution < 1.29 is 13.9 Å². The zero-order valence-corrected chi connectivity index (χ0v) is 14.4. The molecule has 1 fully saturated rings. The third kappa shape index (κ3) is 4.57. The highest BCUT2D eigenvalue weighted by Crippen LogP contribution is 2.17. The number of likely N-dealkylation sites (N-methyl/N-ethyl adjacent to an activating group) is 1. The van der Waals surface area contributed by atoms with Gasteiger partial charge in [0.05, 0.1) is 0 Å². The Morgan fingerprint density at radius 3 is 2.92 bits per heavy atom. The fourth-order valence-corrected chi connectivity index (χ4v) is 3.10. The SMILES string of the molecule is CNC1CCCN(C(=O)c2cccc(COc3cccc(F)c3)c2)C1. The Bertz CT molecular complexity index is 735. The number of nitrogens with zero attached hydrogens (tertiary/aromatic N) is 1. The molecule has 1 heterocycles. The molecule has 3 rings (SSSR count). The molecule has 0 bridgehead atoms. The zero-order valence-electron chi connectivity index (χ0n) is 14.4. The Morgan fingerprint density at radius 1 is 1.28 bits per heavy atom. The van der Waals surface area contributed by atoms with Gasteiger partial charge in [0.1, 0.15) is 18.2 Å². The summed E-state index contributed by atoms with van der Waals surface area (Å²) in [6.07, 6.45) is 2.11. The van der Waals surface area contributed by atoms with Crippen molar-refractivity contribution >= 4 is 5.91 Å². The van der Waals surface area contributed by atoms with Crippen LogP contribution in [0.5, 0.6) is 5.75 Å². The number of likely N-dealkylation sites (tertiary alicyclic amines) is 1. The number of hydrogen-bond donors (Lipinski definition) is 1. The number of amides is 1. The van der Waals surface area contributed by atoms with Crippen LogP contribution in [0, 0.1) is 5.82 Å². The largest absolute Gasteiger partial charge is 0.489 e. The topological polar surface area (TPSA) is 41.6 Å². The fraction of sp³-hybridized carbons (Fsp3) is 0.350. The summed E-state index contributed by atoms with van der Waals surface area (Å²) in [6, 6.07) is 13.9. The molecule has 5 heteroatoms. The molecule has 1 amide bonds. The highest BCUT2D eigenvalue weighted by Gasteiger charge is 2.23. The Kier molecular flexibility index (Phi) is 5.66. The molecule has 0 saturated carbocycles. The lowest BCUT2D eigenvalue weighted by molar-refractivity contribution is 0.0698. The van der Waals surface area contributed by atoms with Gasteiger partial charge in [-0.3, -0.25) is 4.79 Å². The highest BCUT2D eigenvalue weighted by atomic mass is 19.1. The van der Waals surface area contributed by atoms with Gasteiger partial charge in [-0.2, -0.15) is 0 Å². The molecular weight excluding hydrogens is 319 g/mol. The molecule has 2 aromatic carbocycles. The molecule has 1 unspecified atom stereocenters. The quantitative estimate of drug-likeness (QED) is 0.907. The Morgan fingerprint density at radius 2 is 2.12 bits per heavy atom. The first-order valence-electron chi connectivity index (χ1n) is 8.59. The summed E-state index contributed by atoms with van der Waals surface area (Å²) in [4.78, 5) is 14.6. The molecule has 1 saturated heterocycles. The molecule has 1 aliphatic rings. The predicted octanol–water partition coefficient (Wildman–Crippen LogP) is 3.23. The summed E-state index contributed by atoms with van der Waals surface area (Å²) < 4.78 is 18.8. The van der Waals surface area contributed by atoms with E-state index in [-0.39, 0.29) is 11.7 Å². The molecule has 0 aliphatic carbocycles. The van der Waals surface area contributed by atoms with Crippen molar-refractivity contribution in [3.8, 4) is 5.75 Å². The van der Waals surface area contributed by atoms with E-state index in [0.29, 0.717) is 24.0 Å². The fourth-order valence-electron chi connectivity index (χ4n) is 3.10. The normalized spacial score (nSPS) is 17.4. The lowest BCUT2D eigenvalue weighted by Gasteiger charge is -2.32. The van der Waals surface area contributed by atoms with Gasteiger partial charge in [0.2, 0.25) is 0 Å². The number of benzene rings is 2. The molecule has 1 atom stereocenters. The van der Waals surface area contributed by atoms with Crippen LogP contribution < -0.4 is 10.1 Å². The van der Waals surface area contributed by atoms with Crippen LogP contribution in [-0.4, -0.2) is 37.0 Å². The van der Waals surface area contributed by atoms with Crippen molar-refractivity contribution in [3.63, 3.8) is 0 Å². The van der Waals surface area contributed by atoms with Crippen LogP contribution in [0.25, 0.3) is 0 Å². The Labute approximate surface area is 147 Å². The molecule has 0 radical (unpaired) electrons. The van der Waals surface area contributed by atoms with Gasteiger partial charge in [0.15, 0.2) is 0 Å². The lowest BCUT2D eigenvalue weighted by Crippen LogP contribution is -2.46. The van der Waals surface area contributed by atoms with Gasteiger partial charge in [-0.1, -0.05) is 18.2 Å². The number of carbonyl (C=O) groups is 1. The van der Waals surface area contributed by atoms with Gasteiger partial charge in [0.25, 0.3) is 5.91 Å². The minimum Gasteiger partial charge on any atom is -0.489 e. The Hall–Kier alpha value is -2.40. The van der Waals surface area contributed by atoms with E-state index in [1.807, 2.05) is 36.2 Å².